The van der Waals surface area contributed by atoms with Crippen molar-refractivity contribution in [1.29, 1.82) is 0 Å². The summed E-state index contributed by atoms with van der Waals surface area (Å²) >= 11 is 0. The molecule has 4 aliphatic rings. The number of nitrogens with zero attached hydrogens (tertiary/aromatic N) is 5. The standard InChI is InChI=1S/C52H79N5O12/c1-31-16-12-11-13-17-32(2)43(65-8)28-39-21-19-37(7)52(64,69-39)49(61)50(62)56-23-15-14-18-41(56)51(63)68-44(34(4)26-38-20-22-40(45(27-38)66-9)57-54-30-53-55-57)29-42(58)33(3)25-36(6)47(60)48(67-10)46(59)35(5)24-31/h11-13,16-17,25,30-31,33-35,37-41,43-45,47-48,60,64H,14-15,18-24,26-29H2,1-10H3/b13-11+,16-12+,32-17+,36-25+/t31?,33-,34-,35+,37-,38+,39+,40+,41+,43+,44+,45-,47-,48+,52-/m1/s1. The number of carbonyl (C=O) groups excluding carboxylic acids is 5. The molecule has 17 heteroatoms. The Bertz CT molecular complexity index is 2020. The quantitative estimate of drug-likeness (QED) is 0.181. The molecule has 1 aliphatic carbocycles. The molecule has 3 fully saturated rings. The minimum atomic E-state index is -2.43. The highest BCUT2D eigenvalue weighted by Crippen LogP contribution is 2.39. The maximum absolute atomic E-state index is 14.5. The van der Waals surface area contributed by atoms with Gasteiger partial charge in [-0.2, -0.15) is 4.80 Å². The number of aromatic nitrogens is 4. The molecule has 1 amide bonds. The van der Waals surface area contributed by atoms with E-state index < -0.39 is 77.8 Å². The van der Waals surface area contributed by atoms with E-state index in [0.29, 0.717) is 56.9 Å². The third-order valence-electron chi connectivity index (χ3n) is 15.1. The number of Topliss-reactive ketones (excluding diaryl/α,β-unsaturated/α-hetero) is 3. The van der Waals surface area contributed by atoms with E-state index in [4.69, 9.17) is 23.7 Å². The van der Waals surface area contributed by atoms with Gasteiger partial charge in [0.15, 0.2) is 12.1 Å². The van der Waals surface area contributed by atoms with E-state index in [-0.39, 0.29) is 60.9 Å². The molecule has 4 heterocycles. The summed E-state index contributed by atoms with van der Waals surface area (Å²) < 4.78 is 29.9. The third-order valence-corrected chi connectivity index (χ3v) is 15.1. The minimum Gasteiger partial charge on any atom is -0.460 e. The predicted octanol–water partition coefficient (Wildman–Crippen LogP) is 6.05. The number of cyclic esters (lactones) is 1. The fourth-order valence-corrected chi connectivity index (χ4v) is 10.7. The maximum atomic E-state index is 14.5. The lowest BCUT2D eigenvalue weighted by Gasteiger charge is -2.42. The van der Waals surface area contributed by atoms with Gasteiger partial charge in [-0.1, -0.05) is 71.1 Å². The predicted molar refractivity (Wildman–Crippen MR) is 256 cm³/mol. The molecule has 3 aliphatic heterocycles. The molecule has 2 bridgehead atoms. The minimum absolute atomic E-state index is 0.0168. The SMILES string of the molecule is CO[C@H]1C[C@@H]2CC[C@@H](C)[C@@](O)(O2)C(=O)C(=O)N2CCCC[C@H]2C(=O)O[C@H]([C@H](C)C[C@@H]2CC[C@H](n3ncnn3)[C@H](OC)C2)CC(=O)[C@H](C)/C=C(\C)[C@@H](O)[C@@H](OC)C(=O)[C@@H](C)CC(C)/C=C/C=C/C=C/1C. The Hall–Kier alpha value is -4.26. The highest BCUT2D eigenvalue weighted by Gasteiger charge is 2.53. The van der Waals surface area contributed by atoms with Crippen molar-refractivity contribution in [2.24, 2.45) is 35.5 Å². The number of fused-ring (bicyclic) bond motifs is 3. The number of allylic oxidation sites excluding steroid dienone is 6. The fraction of sp³-hybridized carbons (Fsp3) is 0.731. The van der Waals surface area contributed by atoms with Gasteiger partial charge in [-0.25, -0.2) is 4.79 Å². The molecule has 1 saturated carbocycles. The number of esters is 1. The van der Waals surface area contributed by atoms with Gasteiger partial charge < -0.3 is 38.8 Å². The number of amides is 1. The molecular formula is C52H79N5O12. The molecule has 2 saturated heterocycles. The topological polar surface area (TPSA) is 219 Å². The second-order valence-electron chi connectivity index (χ2n) is 20.3. The largest absolute Gasteiger partial charge is 0.460 e. The zero-order valence-electron chi connectivity index (χ0n) is 42.5. The zero-order chi connectivity index (χ0) is 50.6. The maximum Gasteiger partial charge on any atom is 0.329 e. The van der Waals surface area contributed by atoms with Crippen LogP contribution in [0, 0.1) is 35.5 Å². The number of aliphatic hydroxyl groups excluding tert-OH is 1. The van der Waals surface area contributed by atoms with Crippen molar-refractivity contribution in [2.75, 3.05) is 27.9 Å². The molecule has 0 radical (unpaired) electrons. The number of hydrogen-bond donors (Lipinski definition) is 2. The number of hydrogen-bond acceptors (Lipinski definition) is 15. The van der Waals surface area contributed by atoms with Crippen LogP contribution in [0.2, 0.25) is 0 Å². The van der Waals surface area contributed by atoms with Crippen LogP contribution in [0.25, 0.3) is 0 Å². The van der Waals surface area contributed by atoms with Crippen LogP contribution in [0.4, 0.5) is 0 Å². The van der Waals surface area contributed by atoms with Crippen LogP contribution >= 0.6 is 0 Å². The molecule has 384 valence electrons. The van der Waals surface area contributed by atoms with Crippen LogP contribution in [-0.4, -0.2) is 141 Å². The number of methoxy groups -OCH3 is 3. The number of ether oxygens (including phenoxy) is 5. The van der Waals surface area contributed by atoms with E-state index in [1.807, 2.05) is 58.1 Å². The summed E-state index contributed by atoms with van der Waals surface area (Å²) in [6.07, 6.45) is 13.7. The van der Waals surface area contributed by atoms with Crippen LogP contribution in [-0.2, 0) is 47.7 Å². The molecule has 1 aromatic heterocycles. The van der Waals surface area contributed by atoms with Gasteiger partial charge in [0, 0.05) is 58.5 Å². The second-order valence-corrected chi connectivity index (χ2v) is 20.3. The normalized spacial score (nSPS) is 38.8. The Morgan fingerprint density at radius 2 is 1.64 bits per heavy atom. The number of ketones is 3. The van der Waals surface area contributed by atoms with Gasteiger partial charge in [0.05, 0.1) is 24.4 Å². The van der Waals surface area contributed by atoms with Gasteiger partial charge in [-0.05, 0) is 112 Å². The number of carbonyl (C=O) groups is 5. The van der Waals surface area contributed by atoms with E-state index in [1.54, 1.807) is 45.9 Å². The summed E-state index contributed by atoms with van der Waals surface area (Å²) in [5, 5.41) is 35.7. The molecule has 5 rings (SSSR count). The highest BCUT2D eigenvalue weighted by atomic mass is 16.6. The van der Waals surface area contributed by atoms with E-state index in [1.165, 1.54) is 18.3 Å². The lowest BCUT2D eigenvalue weighted by molar-refractivity contribution is -0.265. The molecule has 15 atom stereocenters. The first-order chi connectivity index (χ1) is 32.8. The van der Waals surface area contributed by atoms with Crippen LogP contribution in [0.5, 0.6) is 0 Å². The average molecular weight is 966 g/mol. The summed E-state index contributed by atoms with van der Waals surface area (Å²) in [6, 6.07) is -1.24. The Morgan fingerprint density at radius 3 is 2.32 bits per heavy atom. The molecule has 0 spiro atoms. The molecule has 1 aromatic rings. The summed E-state index contributed by atoms with van der Waals surface area (Å²) in [7, 11) is 4.61. The second kappa shape index (κ2) is 25.7. The van der Waals surface area contributed by atoms with E-state index in [9.17, 15) is 34.2 Å². The van der Waals surface area contributed by atoms with Gasteiger partial charge in [-0.15, -0.1) is 10.2 Å². The molecule has 1 unspecified atom stereocenters. The lowest BCUT2D eigenvalue weighted by Crippen LogP contribution is -2.61. The number of rotatable bonds is 7. The number of piperidine rings is 1. The van der Waals surface area contributed by atoms with Gasteiger partial charge in [0.1, 0.15) is 30.1 Å². The Balaban J connectivity index is 1.46. The third kappa shape index (κ3) is 14.2. The van der Waals surface area contributed by atoms with E-state index in [0.717, 1.165) is 18.4 Å². The van der Waals surface area contributed by atoms with E-state index in [2.05, 4.69) is 15.4 Å². The molecule has 2 N–H and O–H groups in total. The Morgan fingerprint density at radius 1 is 0.884 bits per heavy atom. The first-order valence-corrected chi connectivity index (χ1v) is 25.0. The number of aliphatic hydroxyl groups is 2. The zero-order valence-corrected chi connectivity index (χ0v) is 42.5. The van der Waals surface area contributed by atoms with E-state index >= 15 is 0 Å². The average Bonchev–Trinajstić information content (AvgIpc) is 3.88. The van der Waals surface area contributed by atoms with Gasteiger partial charge in [-0.3, -0.25) is 19.2 Å². The highest BCUT2D eigenvalue weighted by molar-refractivity contribution is 6.39. The number of tetrazole rings is 1. The molecular weight excluding hydrogens is 887 g/mol. The van der Waals surface area contributed by atoms with Crippen molar-refractivity contribution < 1.29 is 57.9 Å². The summed E-state index contributed by atoms with van der Waals surface area (Å²) in [4.78, 5) is 73.9. The monoisotopic (exact) mass is 966 g/mol. The van der Waals surface area contributed by atoms with Crippen LogP contribution in [0.3, 0.4) is 0 Å². The van der Waals surface area contributed by atoms with Crippen molar-refractivity contribution in [2.45, 2.75) is 180 Å². The summed E-state index contributed by atoms with van der Waals surface area (Å²) in [6.45, 7) is 12.8. The smallest absolute Gasteiger partial charge is 0.329 e. The van der Waals surface area contributed by atoms with Crippen molar-refractivity contribution in [3.05, 3.63) is 53.9 Å². The van der Waals surface area contributed by atoms with Gasteiger partial charge in [0.25, 0.3) is 11.7 Å². The first-order valence-electron chi connectivity index (χ1n) is 25.0. The summed E-state index contributed by atoms with van der Waals surface area (Å²) in [5.41, 5.74) is 1.27. The summed E-state index contributed by atoms with van der Waals surface area (Å²) in [5.74, 6) is -7.94. The van der Waals surface area contributed by atoms with Crippen LogP contribution < -0.4 is 0 Å². The Kier molecular flexibility index (Phi) is 20.8. The van der Waals surface area contributed by atoms with Crippen LogP contribution in [0.15, 0.2) is 53.9 Å². The lowest BCUT2D eigenvalue weighted by atomic mass is 9.77. The van der Waals surface area contributed by atoms with Crippen molar-refractivity contribution in [1.82, 2.24) is 25.1 Å². The molecule has 69 heavy (non-hydrogen) atoms. The molecule has 0 aromatic carbocycles. The van der Waals surface area contributed by atoms with Crippen molar-refractivity contribution in [3.63, 3.8) is 0 Å². The van der Waals surface area contributed by atoms with Crippen molar-refractivity contribution >= 4 is 29.2 Å². The van der Waals surface area contributed by atoms with Gasteiger partial charge in [0.2, 0.25) is 5.79 Å². The fourth-order valence-electron chi connectivity index (χ4n) is 10.7. The first kappa shape index (κ1) is 55.7. The van der Waals surface area contributed by atoms with Crippen LogP contribution in [0.1, 0.15) is 132 Å². The van der Waals surface area contributed by atoms with Gasteiger partial charge >= 0.3 is 5.97 Å². The van der Waals surface area contributed by atoms with Crippen molar-refractivity contribution in [3.8, 4) is 0 Å². The molecule has 17 nitrogen and oxygen atoms in total. The Labute approximate surface area is 408 Å².